The van der Waals surface area contributed by atoms with Crippen LogP contribution < -0.4 is 15.0 Å². The quantitative estimate of drug-likeness (QED) is 0.630. The van der Waals surface area contributed by atoms with Gasteiger partial charge in [0, 0.05) is 12.1 Å². The Morgan fingerprint density at radius 3 is 2.77 bits per heavy atom. The first kappa shape index (κ1) is 19.6. The normalized spacial score (nSPS) is 14.3. The molecule has 2 aromatic heterocycles. The third kappa shape index (κ3) is 4.16. The molecule has 3 heterocycles. The van der Waals surface area contributed by atoms with E-state index in [2.05, 4.69) is 20.4 Å². The van der Waals surface area contributed by atoms with Crippen LogP contribution in [0.15, 0.2) is 47.5 Å². The highest BCUT2D eigenvalue weighted by molar-refractivity contribution is 6.05. The molecule has 0 aliphatic carbocycles. The topological polar surface area (TPSA) is 93.4 Å². The zero-order chi connectivity index (χ0) is 21.3. The fourth-order valence-corrected chi connectivity index (χ4v) is 2.88. The molecule has 1 aliphatic heterocycles. The van der Waals surface area contributed by atoms with E-state index in [1.54, 1.807) is 4.90 Å². The van der Waals surface area contributed by atoms with Crippen LogP contribution in [0.1, 0.15) is 16.1 Å². The minimum atomic E-state index is -4.68. The highest BCUT2D eigenvalue weighted by atomic mass is 19.4. The first-order chi connectivity index (χ1) is 14.3. The summed E-state index contributed by atoms with van der Waals surface area (Å²) in [5, 5.41) is 5.98. The van der Waals surface area contributed by atoms with E-state index in [-0.39, 0.29) is 30.4 Å². The number of nitrogens with one attached hydrogen (secondary N) is 1. The van der Waals surface area contributed by atoms with E-state index in [0.29, 0.717) is 11.8 Å². The Labute approximate surface area is 166 Å². The number of anilines is 2. The molecular formula is C18H13F4N5O3. The summed E-state index contributed by atoms with van der Waals surface area (Å²) < 4.78 is 62.3. The van der Waals surface area contributed by atoms with Gasteiger partial charge in [-0.25, -0.2) is 14.4 Å². The number of aromatic nitrogens is 3. The summed E-state index contributed by atoms with van der Waals surface area (Å²) in [6.45, 7) is 0.488. The van der Waals surface area contributed by atoms with Gasteiger partial charge in [-0.1, -0.05) is 5.16 Å². The molecule has 1 aliphatic rings. The Morgan fingerprint density at radius 2 is 2.07 bits per heavy atom. The molecule has 156 valence electrons. The van der Waals surface area contributed by atoms with E-state index in [0.717, 1.165) is 12.1 Å². The highest BCUT2D eigenvalue weighted by Crippen LogP contribution is 2.33. The monoisotopic (exact) mass is 423 g/mol. The number of carbonyl (C=O) groups excluding carboxylic acids is 1. The van der Waals surface area contributed by atoms with Crippen molar-refractivity contribution in [3.8, 4) is 5.75 Å². The maximum Gasteiger partial charge on any atom is 0.416 e. The van der Waals surface area contributed by atoms with Crippen molar-refractivity contribution in [3.05, 3.63) is 60.1 Å². The number of nitrogens with zero attached hydrogens (tertiary/aromatic N) is 4. The van der Waals surface area contributed by atoms with Crippen molar-refractivity contribution < 1.29 is 31.6 Å². The first-order valence-electron chi connectivity index (χ1n) is 8.61. The third-order valence-electron chi connectivity index (χ3n) is 4.27. The van der Waals surface area contributed by atoms with Crippen molar-refractivity contribution in [1.82, 2.24) is 15.1 Å². The lowest BCUT2D eigenvalue weighted by atomic mass is 10.1. The smallest absolute Gasteiger partial charge is 0.416 e. The summed E-state index contributed by atoms with van der Waals surface area (Å²) >= 11 is 0. The van der Waals surface area contributed by atoms with Gasteiger partial charge in [0.25, 0.3) is 5.91 Å². The minimum absolute atomic E-state index is 0.0740. The lowest BCUT2D eigenvalue weighted by Gasteiger charge is -2.40. The molecule has 0 spiro atoms. The largest absolute Gasteiger partial charge is 0.487 e. The van der Waals surface area contributed by atoms with E-state index < -0.39 is 29.6 Å². The zero-order valence-electron chi connectivity index (χ0n) is 15.1. The molecule has 0 atom stereocenters. The summed E-state index contributed by atoms with van der Waals surface area (Å²) in [4.78, 5) is 22.0. The maximum absolute atomic E-state index is 13.5. The SMILES string of the molecule is O=C(Nc1ccno1)c1ncncc1N1CC(Oc2cc(F)cc(C(F)(F)F)c2)C1. The number of alkyl halides is 3. The molecule has 1 saturated heterocycles. The van der Waals surface area contributed by atoms with Crippen molar-refractivity contribution in [2.45, 2.75) is 12.3 Å². The molecule has 0 unspecified atom stereocenters. The van der Waals surface area contributed by atoms with Gasteiger partial charge >= 0.3 is 6.18 Å². The van der Waals surface area contributed by atoms with Crippen LogP contribution in [-0.4, -0.2) is 40.2 Å². The van der Waals surface area contributed by atoms with Gasteiger partial charge in [0.05, 0.1) is 36.7 Å². The number of halogens is 4. The number of carbonyl (C=O) groups is 1. The zero-order valence-corrected chi connectivity index (χ0v) is 15.1. The summed E-state index contributed by atoms with van der Waals surface area (Å²) in [5.41, 5.74) is -0.647. The Kier molecular flexibility index (Phi) is 4.98. The van der Waals surface area contributed by atoms with Gasteiger partial charge < -0.3 is 14.2 Å². The van der Waals surface area contributed by atoms with Gasteiger partial charge in [0.1, 0.15) is 24.0 Å². The average molecular weight is 423 g/mol. The summed E-state index contributed by atoms with van der Waals surface area (Å²) in [6.07, 6.45) is -1.18. The molecule has 1 amide bonds. The molecular weight excluding hydrogens is 410 g/mol. The van der Waals surface area contributed by atoms with Crippen molar-refractivity contribution in [2.24, 2.45) is 0 Å². The van der Waals surface area contributed by atoms with Gasteiger partial charge in [-0.15, -0.1) is 0 Å². The molecule has 1 N–H and O–H groups in total. The van der Waals surface area contributed by atoms with E-state index in [1.165, 1.54) is 24.8 Å². The average Bonchev–Trinajstić information content (AvgIpc) is 3.16. The Bertz CT molecular complexity index is 1050. The molecule has 1 fully saturated rings. The number of hydrogen-bond donors (Lipinski definition) is 1. The second-order valence-electron chi connectivity index (χ2n) is 6.41. The van der Waals surface area contributed by atoms with Crippen LogP contribution in [0.2, 0.25) is 0 Å². The van der Waals surface area contributed by atoms with Crippen LogP contribution in [0.4, 0.5) is 29.1 Å². The van der Waals surface area contributed by atoms with Gasteiger partial charge in [-0.2, -0.15) is 13.2 Å². The van der Waals surface area contributed by atoms with Crippen molar-refractivity contribution >= 4 is 17.5 Å². The molecule has 0 bridgehead atoms. The second kappa shape index (κ2) is 7.61. The van der Waals surface area contributed by atoms with E-state index in [1.807, 2.05) is 0 Å². The highest BCUT2D eigenvalue weighted by Gasteiger charge is 2.34. The van der Waals surface area contributed by atoms with Gasteiger partial charge in [-0.05, 0) is 12.1 Å². The van der Waals surface area contributed by atoms with Crippen LogP contribution in [0.3, 0.4) is 0 Å². The van der Waals surface area contributed by atoms with E-state index >= 15 is 0 Å². The molecule has 4 rings (SSSR count). The van der Waals surface area contributed by atoms with E-state index in [4.69, 9.17) is 9.26 Å². The minimum Gasteiger partial charge on any atom is -0.487 e. The third-order valence-corrected chi connectivity index (χ3v) is 4.27. The van der Waals surface area contributed by atoms with E-state index in [9.17, 15) is 22.4 Å². The number of benzene rings is 1. The lowest BCUT2D eigenvalue weighted by molar-refractivity contribution is -0.137. The first-order valence-corrected chi connectivity index (χ1v) is 8.61. The predicted molar refractivity (Wildman–Crippen MR) is 94.5 cm³/mol. The van der Waals surface area contributed by atoms with Crippen LogP contribution in [-0.2, 0) is 6.18 Å². The van der Waals surface area contributed by atoms with Gasteiger partial charge in [0.2, 0.25) is 5.88 Å². The number of amides is 1. The van der Waals surface area contributed by atoms with Crippen molar-refractivity contribution in [1.29, 1.82) is 0 Å². The van der Waals surface area contributed by atoms with Crippen molar-refractivity contribution in [2.75, 3.05) is 23.3 Å². The fraction of sp³-hybridized carbons (Fsp3) is 0.222. The molecule has 0 radical (unpaired) electrons. The van der Waals surface area contributed by atoms with Crippen molar-refractivity contribution in [3.63, 3.8) is 0 Å². The second-order valence-corrected chi connectivity index (χ2v) is 6.41. The Balaban J connectivity index is 1.43. The molecule has 8 nitrogen and oxygen atoms in total. The fourth-order valence-electron chi connectivity index (χ4n) is 2.88. The molecule has 12 heteroatoms. The van der Waals surface area contributed by atoms with Crippen LogP contribution >= 0.6 is 0 Å². The summed E-state index contributed by atoms with van der Waals surface area (Å²) in [7, 11) is 0. The number of rotatable bonds is 5. The molecule has 3 aromatic rings. The number of ether oxygens (including phenoxy) is 1. The number of hydrogen-bond acceptors (Lipinski definition) is 7. The lowest BCUT2D eigenvalue weighted by Crippen LogP contribution is -2.54. The maximum atomic E-state index is 13.5. The summed E-state index contributed by atoms with van der Waals surface area (Å²) in [6, 6.07) is 3.49. The standard InChI is InChI=1S/C18H13F4N5O3/c19-11-3-10(18(20,21)22)4-12(5-11)29-13-7-27(8-13)14-6-23-9-24-16(14)17(28)26-15-1-2-25-30-15/h1-6,9,13H,7-8H2,(H,26,28). The Hall–Kier alpha value is -3.70. The molecule has 1 aromatic carbocycles. The van der Waals surface area contributed by atoms with Gasteiger partial charge in [0.15, 0.2) is 5.69 Å². The van der Waals surface area contributed by atoms with Crippen LogP contribution in [0, 0.1) is 5.82 Å². The Morgan fingerprint density at radius 1 is 1.27 bits per heavy atom. The van der Waals surface area contributed by atoms with Crippen LogP contribution in [0.5, 0.6) is 5.75 Å². The molecule has 30 heavy (non-hydrogen) atoms. The predicted octanol–water partition coefficient (Wildman–Crippen LogP) is 3.14. The van der Waals surface area contributed by atoms with Gasteiger partial charge in [-0.3, -0.25) is 10.1 Å². The summed E-state index contributed by atoms with van der Waals surface area (Å²) in [5.74, 6) is -1.67. The molecule has 0 saturated carbocycles. The van der Waals surface area contributed by atoms with Crippen LogP contribution in [0.25, 0.3) is 0 Å².